The number of hydrogen-bond donors (Lipinski definition) is 2. The number of aliphatic carboxylic acids is 1. The van der Waals surface area contributed by atoms with Gasteiger partial charge in [0.1, 0.15) is 5.82 Å². The molecule has 1 aromatic rings. The molecule has 0 unspecified atom stereocenters. The van der Waals surface area contributed by atoms with Crippen molar-refractivity contribution in [2.75, 3.05) is 31.1 Å². The third-order valence-corrected chi connectivity index (χ3v) is 3.55. The average molecular weight is 292 g/mol. The number of pyridine rings is 1. The normalized spacial score (nSPS) is 16.6. The largest absolute Gasteiger partial charge is 0.481 e. The second-order valence-electron chi connectivity index (χ2n) is 5.04. The second kappa shape index (κ2) is 7.03. The summed E-state index contributed by atoms with van der Waals surface area (Å²) in [5.41, 5.74) is 5.76. The van der Waals surface area contributed by atoms with Gasteiger partial charge in [-0.15, -0.1) is 0 Å². The number of aromatic nitrogens is 1. The van der Waals surface area contributed by atoms with Crippen LogP contribution in [-0.4, -0.2) is 59.1 Å². The smallest absolute Gasteiger partial charge is 0.303 e. The Kier molecular flexibility index (Phi) is 5.10. The van der Waals surface area contributed by atoms with Crippen LogP contribution in [0.15, 0.2) is 24.4 Å². The van der Waals surface area contributed by atoms with E-state index in [4.69, 9.17) is 10.8 Å². The number of carboxylic acids is 1. The van der Waals surface area contributed by atoms with Gasteiger partial charge in [0.15, 0.2) is 0 Å². The van der Waals surface area contributed by atoms with Crippen LogP contribution in [-0.2, 0) is 9.59 Å². The molecule has 0 spiro atoms. The molecule has 1 aliphatic rings. The summed E-state index contributed by atoms with van der Waals surface area (Å²) < 4.78 is 0. The summed E-state index contributed by atoms with van der Waals surface area (Å²) in [5.74, 6) is -0.199. The highest BCUT2D eigenvalue weighted by Gasteiger charge is 2.25. The lowest BCUT2D eigenvalue weighted by Gasteiger charge is -2.36. The number of hydrogen-bond acceptors (Lipinski definition) is 5. The highest BCUT2D eigenvalue weighted by molar-refractivity contribution is 5.82. The molecule has 3 N–H and O–H groups in total. The van der Waals surface area contributed by atoms with Gasteiger partial charge in [-0.05, 0) is 18.6 Å². The van der Waals surface area contributed by atoms with Crippen molar-refractivity contribution in [2.45, 2.75) is 18.9 Å². The van der Waals surface area contributed by atoms with Gasteiger partial charge in [-0.2, -0.15) is 0 Å². The Hall–Kier alpha value is -2.15. The second-order valence-corrected chi connectivity index (χ2v) is 5.04. The third kappa shape index (κ3) is 4.16. The maximum atomic E-state index is 12.1. The molecule has 2 heterocycles. The zero-order valence-corrected chi connectivity index (χ0v) is 11.8. The van der Waals surface area contributed by atoms with Gasteiger partial charge in [0.25, 0.3) is 0 Å². The number of amides is 1. The Balaban J connectivity index is 1.83. The van der Waals surface area contributed by atoms with E-state index < -0.39 is 12.0 Å². The number of nitrogens with two attached hydrogens (primary N) is 1. The van der Waals surface area contributed by atoms with Crippen molar-refractivity contribution >= 4 is 17.7 Å². The van der Waals surface area contributed by atoms with Crippen molar-refractivity contribution < 1.29 is 14.7 Å². The SMILES string of the molecule is N[C@@H](CCC(=O)O)C(=O)N1CCN(c2ccccn2)CC1. The minimum absolute atomic E-state index is 0.0825. The van der Waals surface area contributed by atoms with Gasteiger partial charge in [0, 0.05) is 38.8 Å². The lowest BCUT2D eigenvalue weighted by molar-refractivity contribution is -0.137. The molecule has 1 saturated heterocycles. The first kappa shape index (κ1) is 15.2. The molecule has 7 heteroatoms. The molecule has 0 aliphatic carbocycles. The van der Waals surface area contributed by atoms with Crippen molar-refractivity contribution in [3.8, 4) is 0 Å². The average Bonchev–Trinajstić information content (AvgIpc) is 2.53. The van der Waals surface area contributed by atoms with E-state index in [1.54, 1.807) is 11.1 Å². The summed E-state index contributed by atoms with van der Waals surface area (Å²) in [4.78, 5) is 30.7. The predicted molar refractivity (Wildman–Crippen MR) is 77.9 cm³/mol. The molecule has 1 fully saturated rings. The summed E-state index contributed by atoms with van der Waals surface area (Å²) in [6.45, 7) is 2.56. The van der Waals surface area contributed by atoms with Crippen molar-refractivity contribution in [1.29, 1.82) is 0 Å². The molecule has 1 atom stereocenters. The molecular formula is C14H20N4O3. The van der Waals surface area contributed by atoms with Crippen molar-refractivity contribution in [1.82, 2.24) is 9.88 Å². The lowest BCUT2D eigenvalue weighted by Crippen LogP contribution is -2.53. The van der Waals surface area contributed by atoms with E-state index in [0.29, 0.717) is 26.2 Å². The summed E-state index contributed by atoms with van der Waals surface area (Å²) in [7, 11) is 0. The van der Waals surface area contributed by atoms with Crippen LogP contribution in [0.5, 0.6) is 0 Å². The van der Waals surface area contributed by atoms with Gasteiger partial charge in [0.2, 0.25) is 5.91 Å². The Morgan fingerprint density at radius 3 is 2.57 bits per heavy atom. The summed E-state index contributed by atoms with van der Waals surface area (Å²) >= 11 is 0. The summed E-state index contributed by atoms with van der Waals surface area (Å²) in [6, 6.07) is 5.00. The molecule has 114 valence electrons. The number of anilines is 1. The fourth-order valence-electron chi connectivity index (χ4n) is 2.33. The van der Waals surface area contributed by atoms with E-state index in [2.05, 4.69) is 9.88 Å². The number of carbonyl (C=O) groups excluding carboxylic acids is 1. The quantitative estimate of drug-likeness (QED) is 0.787. The molecular weight excluding hydrogens is 272 g/mol. The maximum absolute atomic E-state index is 12.1. The van der Waals surface area contributed by atoms with Crippen LogP contribution in [0.25, 0.3) is 0 Å². The van der Waals surface area contributed by atoms with E-state index >= 15 is 0 Å². The summed E-state index contributed by atoms with van der Waals surface area (Å²) in [5, 5.41) is 8.62. The van der Waals surface area contributed by atoms with Gasteiger partial charge in [-0.25, -0.2) is 4.98 Å². The zero-order valence-electron chi connectivity index (χ0n) is 11.8. The number of piperazine rings is 1. The minimum Gasteiger partial charge on any atom is -0.481 e. The Morgan fingerprint density at radius 2 is 2.00 bits per heavy atom. The van der Waals surface area contributed by atoms with Gasteiger partial charge in [-0.1, -0.05) is 6.07 Å². The molecule has 0 bridgehead atoms. The first-order valence-electron chi connectivity index (χ1n) is 7.00. The van der Waals surface area contributed by atoms with Crippen LogP contribution in [0, 0.1) is 0 Å². The molecule has 7 nitrogen and oxygen atoms in total. The predicted octanol–water partition coefficient (Wildman–Crippen LogP) is -0.0777. The van der Waals surface area contributed by atoms with E-state index in [1.165, 1.54) is 0 Å². The molecule has 0 radical (unpaired) electrons. The van der Waals surface area contributed by atoms with E-state index in [0.717, 1.165) is 5.82 Å². The van der Waals surface area contributed by atoms with Crippen LogP contribution >= 0.6 is 0 Å². The molecule has 1 aliphatic heterocycles. The monoisotopic (exact) mass is 292 g/mol. The lowest BCUT2D eigenvalue weighted by atomic mass is 10.1. The Bertz CT molecular complexity index is 486. The van der Waals surface area contributed by atoms with E-state index in [-0.39, 0.29) is 18.7 Å². The fourth-order valence-corrected chi connectivity index (χ4v) is 2.33. The van der Waals surface area contributed by atoms with Gasteiger partial charge in [0.05, 0.1) is 6.04 Å². The molecule has 0 saturated carbocycles. The Labute approximate surface area is 123 Å². The van der Waals surface area contributed by atoms with Crippen LogP contribution in [0.1, 0.15) is 12.8 Å². The molecule has 1 amide bonds. The van der Waals surface area contributed by atoms with Crippen LogP contribution in [0.4, 0.5) is 5.82 Å². The highest BCUT2D eigenvalue weighted by Crippen LogP contribution is 2.13. The minimum atomic E-state index is -0.932. The number of rotatable bonds is 5. The van der Waals surface area contributed by atoms with Gasteiger partial charge >= 0.3 is 5.97 Å². The topological polar surface area (TPSA) is 99.8 Å². The zero-order chi connectivity index (χ0) is 15.2. The van der Waals surface area contributed by atoms with Crippen molar-refractivity contribution in [3.05, 3.63) is 24.4 Å². The van der Waals surface area contributed by atoms with Crippen molar-refractivity contribution in [2.24, 2.45) is 5.73 Å². The molecule has 21 heavy (non-hydrogen) atoms. The fraction of sp³-hybridized carbons (Fsp3) is 0.500. The van der Waals surface area contributed by atoms with Crippen LogP contribution in [0.3, 0.4) is 0 Å². The maximum Gasteiger partial charge on any atom is 0.303 e. The standard InChI is InChI=1S/C14H20N4O3/c15-11(4-5-13(19)20)14(21)18-9-7-17(8-10-18)12-3-1-2-6-16-12/h1-3,6,11H,4-5,7-10,15H2,(H,19,20)/t11-/m0/s1. The first-order valence-corrected chi connectivity index (χ1v) is 7.00. The number of nitrogens with zero attached hydrogens (tertiary/aromatic N) is 3. The van der Waals surface area contributed by atoms with Gasteiger partial charge in [-0.3, -0.25) is 9.59 Å². The third-order valence-electron chi connectivity index (χ3n) is 3.55. The Morgan fingerprint density at radius 1 is 1.29 bits per heavy atom. The number of carboxylic acid groups (broad SMARTS) is 1. The van der Waals surface area contributed by atoms with Crippen molar-refractivity contribution in [3.63, 3.8) is 0 Å². The number of carbonyl (C=O) groups is 2. The van der Waals surface area contributed by atoms with Gasteiger partial charge < -0.3 is 20.6 Å². The summed E-state index contributed by atoms with van der Waals surface area (Å²) in [6.07, 6.45) is 1.84. The van der Waals surface area contributed by atoms with E-state index in [1.807, 2.05) is 18.2 Å². The highest BCUT2D eigenvalue weighted by atomic mass is 16.4. The molecule has 2 rings (SSSR count). The molecule has 0 aromatic carbocycles. The van der Waals surface area contributed by atoms with E-state index in [9.17, 15) is 9.59 Å². The first-order chi connectivity index (χ1) is 10.1. The van der Waals surface area contributed by atoms with Crippen LogP contribution < -0.4 is 10.6 Å². The molecule has 1 aromatic heterocycles. The van der Waals surface area contributed by atoms with Crippen LogP contribution in [0.2, 0.25) is 0 Å².